The number of hydrogen-bond donors (Lipinski definition) is 0. The fourth-order valence-electron chi connectivity index (χ4n) is 1.04. The quantitative estimate of drug-likeness (QED) is 0.830. The maximum atomic E-state index is 11.8. The molecule has 0 aromatic heterocycles. The van der Waals surface area contributed by atoms with E-state index in [0.29, 0.717) is 5.56 Å². The highest BCUT2D eigenvalue weighted by atomic mass is 32.2. The van der Waals surface area contributed by atoms with Crippen molar-refractivity contribution in [1.82, 2.24) is 0 Å². The van der Waals surface area contributed by atoms with Crippen molar-refractivity contribution in [1.29, 1.82) is 0 Å². The van der Waals surface area contributed by atoms with E-state index in [9.17, 15) is 21.6 Å². The monoisotopic (exact) mass is 253 g/mol. The molecule has 1 aromatic rings. The van der Waals surface area contributed by atoms with Crippen molar-refractivity contribution in [2.45, 2.75) is 12.1 Å². The maximum absolute atomic E-state index is 11.8. The summed E-state index contributed by atoms with van der Waals surface area (Å²) in [6.07, 6.45) is -1.84. The number of halogens is 3. The zero-order valence-electron chi connectivity index (χ0n) is 7.99. The van der Waals surface area contributed by atoms with Crippen molar-refractivity contribution in [3.8, 4) is 5.75 Å². The lowest BCUT2D eigenvalue weighted by molar-refractivity contribution is -0.274. The maximum Gasteiger partial charge on any atom is 0.573 e. The summed E-state index contributed by atoms with van der Waals surface area (Å²) in [6, 6.07) is 4.58. The minimum absolute atomic E-state index is 0.320. The van der Waals surface area contributed by atoms with Gasteiger partial charge in [-0.2, -0.15) is 0 Å². The first kappa shape index (κ1) is 12.8. The number of alkyl halides is 3. The van der Waals surface area contributed by atoms with Gasteiger partial charge in [-0.1, -0.05) is 12.1 Å². The van der Waals surface area contributed by atoms with Gasteiger partial charge in [-0.05, 0) is 17.7 Å². The minimum atomic E-state index is -4.75. The van der Waals surface area contributed by atoms with E-state index in [1.807, 2.05) is 0 Å². The van der Waals surface area contributed by atoms with Gasteiger partial charge in [-0.3, -0.25) is 0 Å². The van der Waals surface area contributed by atoms with Gasteiger partial charge in [0.2, 0.25) is 0 Å². The van der Waals surface area contributed by atoms with Crippen molar-refractivity contribution >= 4 is 9.84 Å². The molecule has 0 heterocycles. The second-order valence-corrected chi connectivity index (χ2v) is 4.86. The third-order valence-corrected chi connectivity index (χ3v) is 2.32. The van der Waals surface area contributed by atoms with E-state index in [1.165, 1.54) is 12.1 Å². The van der Waals surface area contributed by atoms with E-state index in [4.69, 9.17) is 0 Å². The molecule has 0 spiro atoms. The molecule has 16 heavy (non-hydrogen) atoms. The van der Waals surface area contributed by atoms with Gasteiger partial charge in [-0.15, -0.1) is 13.2 Å². The van der Waals surface area contributed by atoms with Crippen LogP contribution in [0.1, 0.15) is 5.56 Å². The zero-order valence-corrected chi connectivity index (χ0v) is 8.81. The van der Waals surface area contributed by atoms with Gasteiger partial charge >= 0.3 is 6.36 Å². The molecule has 89 valence electrons. The van der Waals surface area contributed by atoms with Crippen LogP contribution in [0.2, 0.25) is 0 Å². The highest BCUT2D eigenvalue weighted by Gasteiger charge is 2.30. The van der Waals surface area contributed by atoms with Crippen LogP contribution in [0.5, 0.6) is 5.75 Å². The van der Waals surface area contributed by atoms with Crippen LogP contribution in [0.3, 0.4) is 0 Å². The Kier molecular flexibility index (Phi) is 3.47. The van der Waals surface area contributed by atoms with Gasteiger partial charge in [0.15, 0.2) is 9.84 Å². The fourth-order valence-corrected chi connectivity index (χ4v) is 1.74. The summed E-state index contributed by atoms with van der Waals surface area (Å²) >= 11 is 0. The van der Waals surface area contributed by atoms with Crippen LogP contribution in [0.4, 0.5) is 13.2 Å². The fraction of sp³-hybridized carbons (Fsp3) is 0.222. The topological polar surface area (TPSA) is 43.4 Å². The molecule has 3 nitrogen and oxygen atoms in total. The van der Waals surface area contributed by atoms with Crippen LogP contribution in [0, 0.1) is 6.26 Å². The van der Waals surface area contributed by atoms with Crippen LogP contribution < -0.4 is 4.74 Å². The lowest BCUT2D eigenvalue weighted by Crippen LogP contribution is -2.17. The van der Waals surface area contributed by atoms with Crippen molar-refractivity contribution in [2.75, 3.05) is 0 Å². The average molecular weight is 253 g/mol. The minimum Gasteiger partial charge on any atom is -0.406 e. The van der Waals surface area contributed by atoms with Gasteiger partial charge in [0.05, 0.1) is 12.0 Å². The molecule has 0 aliphatic carbocycles. The second kappa shape index (κ2) is 4.32. The lowest BCUT2D eigenvalue weighted by atomic mass is 10.2. The SMILES string of the molecule is [CH2]S(=O)(=O)Cc1ccc(OC(F)(F)F)cc1. The first-order chi connectivity index (χ1) is 7.16. The Morgan fingerprint density at radius 2 is 1.69 bits per heavy atom. The zero-order chi connectivity index (χ0) is 12.4. The van der Waals surface area contributed by atoms with Crippen LogP contribution in [0.25, 0.3) is 0 Å². The Morgan fingerprint density at radius 3 is 2.06 bits per heavy atom. The standard InChI is InChI=1S/C9H8F3O3S/c1-16(13,14)6-7-2-4-8(5-3-7)15-9(10,11)12/h2-5H,1,6H2. The normalized spacial score (nSPS) is 12.5. The summed E-state index contributed by atoms with van der Waals surface area (Å²) in [6.45, 7) is 0. The summed E-state index contributed by atoms with van der Waals surface area (Å²) in [5.74, 6) is -0.711. The molecular formula is C9H8F3O3S. The first-order valence-corrected chi connectivity index (χ1v) is 5.88. The lowest BCUT2D eigenvalue weighted by Gasteiger charge is -2.08. The van der Waals surface area contributed by atoms with Crippen LogP contribution in [-0.2, 0) is 15.6 Å². The van der Waals surface area contributed by atoms with Crippen molar-refractivity contribution in [2.24, 2.45) is 0 Å². The third-order valence-electron chi connectivity index (χ3n) is 1.54. The molecule has 0 fully saturated rings. The van der Waals surface area contributed by atoms with Crippen molar-refractivity contribution in [3.05, 3.63) is 36.1 Å². The molecule has 1 aromatic carbocycles. The Balaban J connectivity index is 2.76. The average Bonchev–Trinajstić information content (AvgIpc) is 2.03. The molecule has 0 unspecified atom stereocenters. The highest BCUT2D eigenvalue weighted by molar-refractivity contribution is 7.91. The summed E-state index contributed by atoms with van der Waals surface area (Å²) in [5, 5.41) is 0. The van der Waals surface area contributed by atoms with E-state index < -0.39 is 21.9 Å². The summed E-state index contributed by atoms with van der Waals surface area (Å²) in [4.78, 5) is 0. The molecule has 1 radical (unpaired) electrons. The number of ether oxygens (including phenoxy) is 1. The van der Waals surface area contributed by atoms with Crippen LogP contribution in [0.15, 0.2) is 24.3 Å². The molecule has 0 bridgehead atoms. The molecule has 0 saturated heterocycles. The molecular weight excluding hydrogens is 245 g/mol. The smallest absolute Gasteiger partial charge is 0.406 e. The van der Waals surface area contributed by atoms with E-state index in [0.717, 1.165) is 12.1 Å². The van der Waals surface area contributed by atoms with Gasteiger partial charge in [-0.25, -0.2) is 8.42 Å². The third kappa shape index (κ3) is 5.01. The number of rotatable bonds is 3. The molecule has 0 aliphatic rings. The van der Waals surface area contributed by atoms with Gasteiger partial charge < -0.3 is 4.74 Å². The van der Waals surface area contributed by atoms with Gasteiger partial charge in [0.1, 0.15) is 5.75 Å². The number of hydrogen-bond acceptors (Lipinski definition) is 3. The number of benzene rings is 1. The highest BCUT2D eigenvalue weighted by Crippen LogP contribution is 2.23. The predicted octanol–water partition coefficient (Wildman–Crippen LogP) is 2.29. The summed E-state index contributed by atoms with van der Waals surface area (Å²) in [7, 11) is -3.44. The Morgan fingerprint density at radius 1 is 1.19 bits per heavy atom. The van der Waals surface area contributed by atoms with E-state index >= 15 is 0 Å². The van der Waals surface area contributed by atoms with Crippen LogP contribution >= 0.6 is 0 Å². The molecule has 0 amide bonds. The number of sulfone groups is 1. The van der Waals surface area contributed by atoms with Crippen molar-refractivity contribution < 1.29 is 26.3 Å². The molecule has 0 aliphatic heterocycles. The predicted molar refractivity (Wildman–Crippen MR) is 51.1 cm³/mol. The first-order valence-electron chi connectivity index (χ1n) is 4.06. The Labute approximate surface area is 90.8 Å². The Bertz CT molecular complexity index is 448. The molecule has 0 saturated carbocycles. The van der Waals surface area contributed by atoms with Gasteiger partial charge in [0, 0.05) is 0 Å². The van der Waals surface area contributed by atoms with E-state index in [2.05, 4.69) is 11.0 Å². The largest absolute Gasteiger partial charge is 0.573 e. The summed E-state index contributed by atoms with van der Waals surface area (Å²) in [5.41, 5.74) is 0.351. The Hall–Kier alpha value is -1.24. The molecule has 1 rings (SSSR count). The summed E-state index contributed by atoms with van der Waals surface area (Å²) < 4.78 is 60.6. The van der Waals surface area contributed by atoms with Crippen LogP contribution in [-0.4, -0.2) is 14.8 Å². The second-order valence-electron chi connectivity index (χ2n) is 3.08. The van der Waals surface area contributed by atoms with Crippen molar-refractivity contribution in [3.63, 3.8) is 0 Å². The van der Waals surface area contributed by atoms with Gasteiger partial charge in [0.25, 0.3) is 0 Å². The molecule has 7 heteroatoms. The molecule has 0 N–H and O–H groups in total. The van der Waals surface area contributed by atoms with E-state index in [-0.39, 0.29) is 5.75 Å². The molecule has 0 atom stereocenters. The van der Waals surface area contributed by atoms with E-state index in [1.54, 1.807) is 0 Å².